The summed E-state index contributed by atoms with van der Waals surface area (Å²) in [6.07, 6.45) is 1.09. The highest BCUT2D eigenvalue weighted by Crippen LogP contribution is 2.50. The molecule has 0 saturated heterocycles. The van der Waals surface area contributed by atoms with Crippen LogP contribution < -0.4 is 35.6 Å². The topological polar surface area (TPSA) is 154 Å². The highest BCUT2D eigenvalue weighted by molar-refractivity contribution is 7.17. The molecule has 228 valence electrons. The van der Waals surface area contributed by atoms with Gasteiger partial charge >= 0.3 is 5.97 Å². The molecule has 12 nitrogen and oxygen atoms in total. The monoisotopic (exact) mass is 610 g/mol. The van der Waals surface area contributed by atoms with Gasteiger partial charge < -0.3 is 34.9 Å². The first-order valence-electron chi connectivity index (χ1n) is 13.6. The molecule has 0 saturated carbocycles. The van der Waals surface area contributed by atoms with Gasteiger partial charge in [0.05, 0.1) is 51.9 Å². The van der Waals surface area contributed by atoms with Crippen LogP contribution in [0.5, 0.6) is 17.2 Å². The molecule has 0 unspecified atom stereocenters. The number of hydrogen-bond acceptors (Lipinski definition) is 11. The fourth-order valence-electron chi connectivity index (χ4n) is 5.03. The number of methoxy groups -OCH3 is 3. The van der Waals surface area contributed by atoms with Crippen LogP contribution in [0.15, 0.2) is 29.1 Å². The minimum absolute atomic E-state index is 0.174. The van der Waals surface area contributed by atoms with Gasteiger partial charge in [0.1, 0.15) is 4.88 Å². The van der Waals surface area contributed by atoms with E-state index in [9.17, 15) is 19.2 Å². The van der Waals surface area contributed by atoms with E-state index in [1.54, 1.807) is 33.1 Å². The fraction of sp³-hybridized carbons (Fsp3) is 0.367. The fourth-order valence-corrected chi connectivity index (χ4v) is 5.91. The number of aryl methyl sites for hydroxylation is 2. The lowest BCUT2D eigenvalue weighted by molar-refractivity contribution is -0.119. The number of carbonyl (C=O) groups is 3. The van der Waals surface area contributed by atoms with Crippen molar-refractivity contribution in [3.63, 3.8) is 0 Å². The number of amides is 2. The molecule has 2 amide bonds. The Bertz CT molecular complexity index is 1620. The number of anilines is 2. The summed E-state index contributed by atoms with van der Waals surface area (Å²) in [4.78, 5) is 54.9. The van der Waals surface area contributed by atoms with Crippen molar-refractivity contribution < 1.29 is 33.3 Å². The van der Waals surface area contributed by atoms with Crippen LogP contribution in [0.3, 0.4) is 0 Å². The summed E-state index contributed by atoms with van der Waals surface area (Å²) in [7, 11) is 4.59. The largest absolute Gasteiger partial charge is 0.493 e. The van der Waals surface area contributed by atoms with E-state index in [0.29, 0.717) is 51.8 Å². The molecule has 43 heavy (non-hydrogen) atoms. The van der Waals surface area contributed by atoms with Crippen LogP contribution in [-0.2, 0) is 20.7 Å². The molecule has 13 heteroatoms. The molecule has 1 aromatic heterocycles. The van der Waals surface area contributed by atoms with Gasteiger partial charge in [0.2, 0.25) is 23.0 Å². The lowest BCUT2D eigenvalue weighted by Gasteiger charge is -2.19. The SMILES string of the molecule is CCOC(=O)c1sc(NC(=O)CNc2ccc3c(cc2=O)[C@@H](NC(C)=O)CCc2cc(OC)c(OC)c(OC)c2-3)nc1C. The standard InChI is InChI=1S/C30H34N4O8S/c1-7-42-29(38)28-15(2)32-30(43-28)34-24(37)14-31-21-11-9-18-19(13-22(21)36)20(33-16(3)35)10-8-17-12-23(39-4)26(40-5)27(41-6)25(17)18/h9,11-13,20H,7-8,10,14H2,1-6H3,(H,31,36)(H,33,35)(H,32,34,37)/t20-/m0/s1. The van der Waals surface area contributed by atoms with Crippen LogP contribution in [0.25, 0.3) is 11.1 Å². The Balaban J connectivity index is 1.69. The third kappa shape index (κ3) is 6.72. The van der Waals surface area contributed by atoms with Crippen molar-refractivity contribution in [3.05, 3.63) is 56.2 Å². The van der Waals surface area contributed by atoms with Crippen LogP contribution in [0, 0.1) is 6.92 Å². The summed E-state index contributed by atoms with van der Waals surface area (Å²) in [6.45, 7) is 4.77. The molecule has 2 aromatic carbocycles. The Hall–Kier alpha value is -4.65. The average molecular weight is 611 g/mol. The number of fused-ring (bicyclic) bond motifs is 3. The Morgan fingerprint density at radius 2 is 1.81 bits per heavy atom. The Kier molecular flexibility index (Phi) is 9.86. The number of thiazole rings is 1. The van der Waals surface area contributed by atoms with Gasteiger partial charge in [-0.25, -0.2) is 9.78 Å². The summed E-state index contributed by atoms with van der Waals surface area (Å²) >= 11 is 1.01. The Morgan fingerprint density at radius 1 is 1.07 bits per heavy atom. The van der Waals surface area contributed by atoms with E-state index in [1.807, 2.05) is 6.07 Å². The molecule has 3 aromatic rings. The minimum atomic E-state index is -0.504. The summed E-state index contributed by atoms with van der Waals surface area (Å²) < 4.78 is 22.0. The Morgan fingerprint density at radius 3 is 2.47 bits per heavy atom. The molecule has 4 rings (SSSR count). The second kappa shape index (κ2) is 13.6. The average Bonchev–Trinajstić information content (AvgIpc) is 3.17. The van der Waals surface area contributed by atoms with Gasteiger partial charge in [-0.2, -0.15) is 0 Å². The zero-order valence-electron chi connectivity index (χ0n) is 24.8. The van der Waals surface area contributed by atoms with Gasteiger partial charge in [0, 0.05) is 12.5 Å². The van der Waals surface area contributed by atoms with E-state index in [2.05, 4.69) is 20.9 Å². The number of nitrogens with zero attached hydrogens (tertiary/aromatic N) is 1. The van der Waals surface area contributed by atoms with Crippen molar-refractivity contribution >= 4 is 39.9 Å². The van der Waals surface area contributed by atoms with Crippen molar-refractivity contribution in [1.82, 2.24) is 10.3 Å². The number of aromatic nitrogens is 1. The first-order chi connectivity index (χ1) is 20.6. The molecule has 1 atom stereocenters. The van der Waals surface area contributed by atoms with Gasteiger partial charge in [0.15, 0.2) is 16.6 Å². The van der Waals surface area contributed by atoms with Gasteiger partial charge in [-0.05, 0) is 61.6 Å². The third-order valence-corrected chi connectivity index (χ3v) is 7.91. The number of nitrogens with one attached hydrogen (secondary N) is 3. The number of ether oxygens (including phenoxy) is 4. The lowest BCUT2D eigenvalue weighted by Crippen LogP contribution is -2.27. The van der Waals surface area contributed by atoms with Crippen molar-refractivity contribution in [2.45, 2.75) is 39.7 Å². The molecular weight excluding hydrogens is 576 g/mol. The second-order valence-electron chi connectivity index (χ2n) is 9.65. The summed E-state index contributed by atoms with van der Waals surface area (Å²) in [5, 5.41) is 8.76. The zero-order valence-corrected chi connectivity index (χ0v) is 25.7. The Labute approximate surface area is 252 Å². The summed E-state index contributed by atoms with van der Waals surface area (Å²) in [5.41, 5.74) is 3.14. The number of carbonyl (C=O) groups excluding carboxylic acids is 3. The number of rotatable bonds is 10. The first kappa shape index (κ1) is 31.3. The predicted octanol–water partition coefficient (Wildman–Crippen LogP) is 3.86. The molecule has 1 aliphatic carbocycles. The maximum Gasteiger partial charge on any atom is 0.350 e. The van der Waals surface area contributed by atoms with Crippen LogP contribution in [-0.4, -0.2) is 57.2 Å². The van der Waals surface area contributed by atoms with Crippen LogP contribution in [0.4, 0.5) is 10.8 Å². The van der Waals surface area contributed by atoms with Gasteiger partial charge in [-0.1, -0.05) is 17.4 Å². The minimum Gasteiger partial charge on any atom is -0.493 e. The number of esters is 1. The van der Waals surface area contributed by atoms with Gasteiger partial charge in [-0.3, -0.25) is 14.4 Å². The van der Waals surface area contributed by atoms with Crippen LogP contribution >= 0.6 is 11.3 Å². The quantitative estimate of drug-likeness (QED) is 0.288. The molecule has 0 aliphatic heterocycles. The maximum atomic E-state index is 13.4. The number of hydrogen-bond donors (Lipinski definition) is 3. The van der Waals surface area contributed by atoms with E-state index < -0.39 is 17.9 Å². The zero-order chi connectivity index (χ0) is 31.3. The van der Waals surface area contributed by atoms with Gasteiger partial charge in [0.25, 0.3) is 0 Å². The smallest absolute Gasteiger partial charge is 0.350 e. The van der Waals surface area contributed by atoms with E-state index in [1.165, 1.54) is 27.2 Å². The maximum absolute atomic E-state index is 13.4. The van der Waals surface area contributed by atoms with E-state index in [0.717, 1.165) is 22.5 Å². The predicted molar refractivity (Wildman–Crippen MR) is 163 cm³/mol. The highest BCUT2D eigenvalue weighted by atomic mass is 32.1. The molecule has 3 N–H and O–H groups in total. The number of benzene rings is 1. The van der Waals surface area contributed by atoms with E-state index in [4.69, 9.17) is 18.9 Å². The van der Waals surface area contributed by atoms with Crippen molar-refractivity contribution in [1.29, 1.82) is 0 Å². The summed E-state index contributed by atoms with van der Waals surface area (Å²) in [6, 6.07) is 6.24. The van der Waals surface area contributed by atoms with Crippen LogP contribution in [0.2, 0.25) is 0 Å². The first-order valence-corrected chi connectivity index (χ1v) is 14.4. The van der Waals surface area contributed by atoms with E-state index >= 15 is 0 Å². The van der Waals surface area contributed by atoms with Crippen molar-refractivity contribution in [2.24, 2.45) is 0 Å². The molecule has 0 spiro atoms. The summed E-state index contributed by atoms with van der Waals surface area (Å²) in [5.74, 6) is 0.143. The molecular formula is C30H34N4O8S. The molecule has 0 fully saturated rings. The van der Waals surface area contributed by atoms with Gasteiger partial charge in [-0.15, -0.1) is 0 Å². The van der Waals surface area contributed by atoms with Crippen molar-refractivity contribution in [2.75, 3.05) is 45.1 Å². The van der Waals surface area contributed by atoms with Crippen molar-refractivity contribution in [3.8, 4) is 28.4 Å². The second-order valence-corrected chi connectivity index (χ2v) is 10.7. The normalized spacial score (nSPS) is 13.5. The molecule has 1 heterocycles. The lowest BCUT2D eigenvalue weighted by atomic mass is 9.95. The third-order valence-electron chi connectivity index (χ3n) is 6.86. The molecule has 1 aliphatic rings. The van der Waals surface area contributed by atoms with Crippen LogP contribution in [0.1, 0.15) is 52.8 Å². The highest BCUT2D eigenvalue weighted by Gasteiger charge is 2.29. The molecule has 0 bridgehead atoms. The van der Waals surface area contributed by atoms with E-state index in [-0.39, 0.29) is 35.3 Å². The molecule has 0 radical (unpaired) electrons.